The van der Waals surface area contributed by atoms with Crippen LogP contribution in [0.3, 0.4) is 0 Å². The molecule has 6 rings (SSSR count). The van der Waals surface area contributed by atoms with Crippen molar-refractivity contribution in [2.24, 2.45) is 11.3 Å². The van der Waals surface area contributed by atoms with Gasteiger partial charge in [0.2, 0.25) is 10.0 Å². The quantitative estimate of drug-likeness (QED) is 0.602. The summed E-state index contributed by atoms with van der Waals surface area (Å²) in [5, 5.41) is 10.8. The number of nitrogens with one attached hydrogen (secondary N) is 1. The fraction of sp³-hybridized carbons (Fsp3) is 0.536. The normalized spacial score (nSPS) is 23.1. The first kappa shape index (κ1) is 23.0. The molecule has 2 N–H and O–H groups in total. The molecule has 1 atom stereocenters. The van der Waals surface area contributed by atoms with E-state index in [1.807, 2.05) is 41.3 Å². The Hall–Kier alpha value is -2.38. The smallest absolute Gasteiger partial charge is 0.258 e. The minimum Gasteiger partial charge on any atom is -0.388 e. The third-order valence-corrected chi connectivity index (χ3v) is 9.77. The van der Waals surface area contributed by atoms with Crippen molar-refractivity contribution in [2.45, 2.75) is 69.3 Å². The topological polar surface area (TPSA) is 86.7 Å². The van der Waals surface area contributed by atoms with Gasteiger partial charge < -0.3 is 10.0 Å². The molecule has 0 bridgehead atoms. The Balaban J connectivity index is 1.34. The molecule has 186 valence electrons. The first-order valence-electron chi connectivity index (χ1n) is 12.9. The van der Waals surface area contributed by atoms with Gasteiger partial charge in [-0.2, -0.15) is 0 Å². The highest BCUT2D eigenvalue weighted by Gasteiger charge is 2.53. The fourth-order valence-corrected chi connectivity index (χ4v) is 7.09. The first-order valence-corrected chi connectivity index (χ1v) is 14.8. The number of aliphatic hydroxyl groups is 1. The van der Waals surface area contributed by atoms with Crippen LogP contribution in [0.1, 0.15) is 85.4 Å². The van der Waals surface area contributed by atoms with Crippen LogP contribution >= 0.6 is 0 Å². The predicted molar refractivity (Wildman–Crippen MR) is 137 cm³/mol. The summed E-state index contributed by atoms with van der Waals surface area (Å²) in [6.07, 6.45) is 10.9. The Morgan fingerprint density at radius 2 is 1.77 bits per heavy atom. The Bertz CT molecular complexity index is 1270. The van der Waals surface area contributed by atoms with Gasteiger partial charge in [0.15, 0.2) is 0 Å². The molecule has 1 amide bonds. The minimum absolute atomic E-state index is 0.0543. The van der Waals surface area contributed by atoms with Crippen LogP contribution in [-0.4, -0.2) is 32.2 Å². The van der Waals surface area contributed by atoms with Gasteiger partial charge in [0.1, 0.15) is 0 Å². The van der Waals surface area contributed by atoms with E-state index in [2.05, 4.69) is 4.72 Å². The van der Waals surface area contributed by atoms with Crippen molar-refractivity contribution in [3.63, 3.8) is 0 Å². The van der Waals surface area contributed by atoms with Gasteiger partial charge in [-0.1, -0.05) is 18.6 Å². The van der Waals surface area contributed by atoms with Crippen molar-refractivity contribution in [1.82, 2.24) is 0 Å². The van der Waals surface area contributed by atoms with E-state index >= 15 is 0 Å². The lowest BCUT2D eigenvalue weighted by molar-refractivity contribution is 0.0620. The summed E-state index contributed by atoms with van der Waals surface area (Å²) in [5.41, 5.74) is 4.30. The highest BCUT2D eigenvalue weighted by atomic mass is 32.2. The van der Waals surface area contributed by atoms with Crippen molar-refractivity contribution >= 4 is 27.3 Å². The molecule has 4 aliphatic rings. The summed E-state index contributed by atoms with van der Waals surface area (Å²) in [6.45, 7) is 0.620. The molecule has 2 spiro atoms. The fourth-order valence-electron chi connectivity index (χ4n) is 6.53. The van der Waals surface area contributed by atoms with Crippen LogP contribution in [-0.2, 0) is 15.4 Å². The third-order valence-electron chi connectivity index (χ3n) is 9.16. The van der Waals surface area contributed by atoms with Gasteiger partial charge >= 0.3 is 0 Å². The summed E-state index contributed by atoms with van der Waals surface area (Å²) in [6, 6.07) is 13.1. The number of sulfonamides is 1. The van der Waals surface area contributed by atoms with E-state index in [4.69, 9.17) is 0 Å². The molecule has 35 heavy (non-hydrogen) atoms. The minimum atomic E-state index is -3.39. The number of amides is 1. The standard InChI is InChI=1S/C28H34N2O4S/c1-35(33,34)29-22-8-9-24-23(17-22)28(14-12-27(10-11-27)13-15-28)18-30(24)26(32)21-7-3-6-20(16-21)25(31)19-4-2-5-19/h3,6-9,16-17,19,25,29,31H,2,4-5,10-15,18H2,1H3/t25-/m0/s1. The second kappa shape index (κ2) is 8.07. The lowest BCUT2D eigenvalue weighted by Gasteiger charge is -2.38. The summed E-state index contributed by atoms with van der Waals surface area (Å²) < 4.78 is 26.4. The van der Waals surface area contributed by atoms with Gasteiger partial charge in [0, 0.05) is 28.9 Å². The second-order valence-electron chi connectivity index (χ2n) is 11.5. The number of hydrogen-bond acceptors (Lipinski definition) is 4. The number of fused-ring (bicyclic) bond motifs is 2. The summed E-state index contributed by atoms with van der Waals surface area (Å²) in [4.78, 5) is 15.7. The molecule has 2 aromatic carbocycles. The SMILES string of the molecule is CS(=O)(=O)Nc1ccc2c(c1)C1(CCC3(CC3)CC1)CN2C(=O)c1cccc([C@@H](O)C2CCC2)c1. The van der Waals surface area contributed by atoms with Crippen molar-refractivity contribution < 1.29 is 18.3 Å². The maximum absolute atomic E-state index is 13.9. The molecule has 0 saturated heterocycles. The van der Waals surface area contributed by atoms with E-state index in [-0.39, 0.29) is 17.2 Å². The van der Waals surface area contributed by atoms with E-state index in [0.717, 1.165) is 55.2 Å². The molecule has 2 aromatic rings. The van der Waals surface area contributed by atoms with Gasteiger partial charge in [-0.05, 0) is 104 Å². The van der Waals surface area contributed by atoms with Gasteiger partial charge in [0.05, 0.1) is 12.4 Å². The Kier molecular flexibility index (Phi) is 5.31. The first-order chi connectivity index (χ1) is 16.7. The average molecular weight is 495 g/mol. The molecule has 7 heteroatoms. The average Bonchev–Trinajstić information content (AvgIpc) is 3.49. The van der Waals surface area contributed by atoms with Gasteiger partial charge in [-0.3, -0.25) is 9.52 Å². The zero-order valence-electron chi connectivity index (χ0n) is 20.3. The maximum Gasteiger partial charge on any atom is 0.258 e. The van der Waals surface area contributed by atoms with E-state index in [1.165, 1.54) is 25.7 Å². The van der Waals surface area contributed by atoms with Crippen LogP contribution in [0.2, 0.25) is 0 Å². The van der Waals surface area contributed by atoms with E-state index in [9.17, 15) is 18.3 Å². The van der Waals surface area contributed by atoms with Crippen LogP contribution in [0.25, 0.3) is 0 Å². The van der Waals surface area contributed by atoms with Gasteiger partial charge in [0.25, 0.3) is 5.91 Å². The van der Waals surface area contributed by atoms with Gasteiger partial charge in [-0.15, -0.1) is 0 Å². The van der Waals surface area contributed by atoms with Crippen molar-refractivity contribution in [3.8, 4) is 0 Å². The molecule has 3 fully saturated rings. The molecule has 3 saturated carbocycles. The highest BCUT2D eigenvalue weighted by molar-refractivity contribution is 7.92. The number of carbonyl (C=O) groups is 1. The summed E-state index contributed by atoms with van der Waals surface area (Å²) in [5.74, 6) is 0.232. The van der Waals surface area contributed by atoms with Crippen LogP contribution in [0, 0.1) is 11.3 Å². The maximum atomic E-state index is 13.9. The van der Waals surface area contributed by atoms with E-state index in [1.54, 1.807) is 6.07 Å². The number of nitrogens with zero attached hydrogens (tertiary/aromatic N) is 1. The van der Waals surface area contributed by atoms with Crippen LogP contribution in [0.4, 0.5) is 11.4 Å². The number of hydrogen-bond donors (Lipinski definition) is 2. The summed E-state index contributed by atoms with van der Waals surface area (Å²) in [7, 11) is -3.39. The number of anilines is 2. The molecule has 0 radical (unpaired) electrons. The molecule has 1 aliphatic heterocycles. The Morgan fingerprint density at radius 1 is 1.06 bits per heavy atom. The number of rotatable bonds is 5. The van der Waals surface area contributed by atoms with E-state index < -0.39 is 16.1 Å². The zero-order chi connectivity index (χ0) is 24.4. The lowest BCUT2D eigenvalue weighted by Crippen LogP contribution is -2.40. The Labute approximate surface area is 207 Å². The molecule has 6 nitrogen and oxygen atoms in total. The van der Waals surface area contributed by atoms with E-state index in [0.29, 0.717) is 23.2 Å². The molecule has 3 aliphatic carbocycles. The molecule has 0 unspecified atom stereocenters. The summed E-state index contributed by atoms with van der Waals surface area (Å²) >= 11 is 0. The van der Waals surface area contributed by atoms with Crippen molar-refractivity contribution in [1.29, 1.82) is 0 Å². The number of aliphatic hydroxyl groups excluding tert-OH is 1. The zero-order valence-corrected chi connectivity index (χ0v) is 21.1. The van der Waals surface area contributed by atoms with Crippen molar-refractivity contribution in [3.05, 3.63) is 59.2 Å². The molecular weight excluding hydrogens is 460 g/mol. The third kappa shape index (κ3) is 4.16. The highest BCUT2D eigenvalue weighted by Crippen LogP contribution is 2.62. The monoisotopic (exact) mass is 494 g/mol. The van der Waals surface area contributed by atoms with Gasteiger partial charge in [-0.25, -0.2) is 8.42 Å². The largest absolute Gasteiger partial charge is 0.388 e. The van der Waals surface area contributed by atoms with Crippen LogP contribution < -0.4 is 9.62 Å². The van der Waals surface area contributed by atoms with Crippen LogP contribution in [0.15, 0.2) is 42.5 Å². The number of benzene rings is 2. The second-order valence-corrected chi connectivity index (χ2v) is 13.3. The lowest BCUT2D eigenvalue weighted by atomic mass is 9.66. The number of carbonyl (C=O) groups excluding carboxylic acids is 1. The molecular formula is C28H34N2O4S. The molecule has 1 heterocycles. The Morgan fingerprint density at radius 3 is 2.40 bits per heavy atom. The van der Waals surface area contributed by atoms with Crippen molar-refractivity contribution in [2.75, 3.05) is 22.4 Å². The molecule has 0 aromatic heterocycles. The van der Waals surface area contributed by atoms with Crippen LogP contribution in [0.5, 0.6) is 0 Å². The predicted octanol–water partition coefficient (Wildman–Crippen LogP) is 5.14.